The van der Waals surface area contributed by atoms with Crippen LogP contribution in [0.4, 0.5) is 0 Å². The van der Waals surface area contributed by atoms with Crippen LogP contribution in [0.25, 0.3) is 11.4 Å². The van der Waals surface area contributed by atoms with Crippen molar-refractivity contribution in [2.75, 3.05) is 0 Å². The summed E-state index contributed by atoms with van der Waals surface area (Å²) >= 11 is 0. The van der Waals surface area contributed by atoms with Gasteiger partial charge in [0.15, 0.2) is 0 Å². The number of hydrogen-bond donors (Lipinski definition) is 0. The molecule has 2 aromatic carbocycles. The molecule has 0 bridgehead atoms. The zero-order valence-corrected chi connectivity index (χ0v) is 29.6. The molecule has 2 aliphatic rings. The SMILES string of the molecule is CC1(Cc2ccnc(-c3cc(CC4(C)CCCC4)ccn3)c2)CCCC1.Pc1ccccc1.Pc1ccccc1.[Os]. The third kappa shape index (κ3) is 11.4. The summed E-state index contributed by atoms with van der Waals surface area (Å²) in [7, 11) is 5.26. The van der Waals surface area contributed by atoms with E-state index < -0.39 is 0 Å². The molecule has 0 amide bonds. The Morgan fingerprint density at radius 3 is 1.20 bits per heavy atom. The average molecular weight is 759 g/mol. The van der Waals surface area contributed by atoms with Gasteiger partial charge in [-0.2, -0.15) is 0 Å². The number of hydrogen-bond acceptors (Lipinski definition) is 2. The Bertz CT molecular complexity index is 1200. The van der Waals surface area contributed by atoms with Crippen molar-refractivity contribution in [3.8, 4) is 11.4 Å². The minimum Gasteiger partial charge on any atom is -0.255 e. The average Bonchev–Trinajstić information content (AvgIpc) is 3.58. The van der Waals surface area contributed by atoms with Crippen LogP contribution in [0.2, 0.25) is 0 Å². The standard InChI is InChI=1S/C24H32N2.2C6H7P.Os/c1-23(9-3-4-10-23)17-19-7-13-25-21(15-19)22-16-20(8-14-26-22)18-24(2)11-5-6-12-24;2*7-6-4-2-1-3-5-6;/h7-8,13-16H,3-6,9-12,17-18H2,1-2H3;2*1-5H,7H2;. The van der Waals surface area contributed by atoms with Gasteiger partial charge in [-0.3, -0.25) is 9.97 Å². The first-order chi connectivity index (χ1) is 19.3. The molecule has 5 heteroatoms. The molecular weight excluding hydrogens is 713 g/mol. The van der Waals surface area contributed by atoms with Gasteiger partial charge in [0.05, 0.1) is 11.4 Å². The molecule has 2 saturated carbocycles. The molecule has 218 valence electrons. The molecule has 2 nitrogen and oxygen atoms in total. The van der Waals surface area contributed by atoms with Crippen LogP contribution in [-0.4, -0.2) is 9.97 Å². The van der Waals surface area contributed by atoms with E-state index in [0.29, 0.717) is 10.8 Å². The number of nitrogens with zero attached hydrogens (tertiary/aromatic N) is 2. The maximum atomic E-state index is 4.63. The Kier molecular flexibility index (Phi) is 13.8. The summed E-state index contributed by atoms with van der Waals surface area (Å²) in [6.45, 7) is 4.89. The summed E-state index contributed by atoms with van der Waals surface area (Å²) in [4.78, 5) is 9.27. The molecule has 0 radical (unpaired) electrons. The summed E-state index contributed by atoms with van der Waals surface area (Å²) < 4.78 is 0. The second-order valence-electron chi connectivity index (χ2n) is 12.3. The number of pyridine rings is 2. The molecule has 0 aliphatic heterocycles. The monoisotopic (exact) mass is 760 g/mol. The molecule has 41 heavy (non-hydrogen) atoms. The van der Waals surface area contributed by atoms with Crippen LogP contribution < -0.4 is 10.6 Å². The first-order valence-electron chi connectivity index (χ1n) is 14.8. The van der Waals surface area contributed by atoms with E-state index >= 15 is 0 Å². The van der Waals surface area contributed by atoms with E-state index in [1.807, 2.05) is 73.1 Å². The van der Waals surface area contributed by atoms with Crippen molar-refractivity contribution in [2.24, 2.45) is 10.8 Å². The van der Waals surface area contributed by atoms with Crippen molar-refractivity contribution in [3.05, 3.63) is 108 Å². The third-order valence-corrected chi connectivity index (χ3v) is 9.16. The second kappa shape index (κ2) is 16.8. The fraction of sp³-hybridized carbons (Fsp3) is 0.389. The van der Waals surface area contributed by atoms with Crippen molar-refractivity contribution in [3.63, 3.8) is 0 Å². The molecule has 0 N–H and O–H groups in total. The molecule has 2 unspecified atom stereocenters. The van der Waals surface area contributed by atoms with Gasteiger partial charge in [-0.25, -0.2) is 0 Å². The minimum atomic E-state index is 0. The fourth-order valence-electron chi connectivity index (χ4n) is 6.15. The van der Waals surface area contributed by atoms with Crippen LogP contribution >= 0.6 is 18.5 Å². The predicted octanol–water partition coefficient (Wildman–Crippen LogP) is 8.76. The van der Waals surface area contributed by atoms with Gasteiger partial charge in [-0.1, -0.05) is 100 Å². The maximum absolute atomic E-state index is 4.63. The van der Waals surface area contributed by atoms with Crippen LogP contribution in [0, 0.1) is 10.8 Å². The fourth-order valence-corrected chi connectivity index (χ4v) is 6.60. The van der Waals surface area contributed by atoms with Crippen LogP contribution in [0.3, 0.4) is 0 Å². The minimum absolute atomic E-state index is 0. The van der Waals surface area contributed by atoms with E-state index in [1.54, 1.807) is 0 Å². The van der Waals surface area contributed by atoms with E-state index in [9.17, 15) is 0 Å². The molecule has 6 rings (SSSR count). The first kappa shape index (κ1) is 33.7. The Labute approximate surface area is 266 Å². The van der Waals surface area contributed by atoms with E-state index in [4.69, 9.17) is 0 Å². The van der Waals surface area contributed by atoms with Gasteiger partial charge in [0.25, 0.3) is 0 Å². The largest absolute Gasteiger partial charge is 0.255 e. The summed E-state index contributed by atoms with van der Waals surface area (Å²) in [6, 6.07) is 29.2. The quantitative estimate of drug-likeness (QED) is 0.190. The summed E-state index contributed by atoms with van der Waals surface area (Å²) in [5.74, 6) is 0. The maximum Gasteiger partial charge on any atom is 0.0888 e. The normalized spacial score (nSPS) is 16.4. The van der Waals surface area contributed by atoms with Crippen LogP contribution in [0.1, 0.15) is 76.3 Å². The molecule has 2 aromatic heterocycles. The van der Waals surface area contributed by atoms with Crippen LogP contribution in [0.5, 0.6) is 0 Å². The Hall–Kier alpha value is -1.76. The number of rotatable bonds is 5. The molecule has 2 atom stereocenters. The Morgan fingerprint density at radius 2 is 0.902 bits per heavy atom. The van der Waals surface area contributed by atoms with Gasteiger partial charge in [0, 0.05) is 32.2 Å². The van der Waals surface area contributed by atoms with E-state index in [-0.39, 0.29) is 19.8 Å². The molecule has 4 aromatic rings. The van der Waals surface area contributed by atoms with E-state index in [1.165, 1.54) is 85.9 Å². The molecular formula is C36H46N2OsP2. The van der Waals surface area contributed by atoms with Crippen molar-refractivity contribution in [2.45, 2.75) is 78.1 Å². The predicted molar refractivity (Wildman–Crippen MR) is 180 cm³/mol. The zero-order valence-electron chi connectivity index (χ0n) is 24.7. The molecule has 2 heterocycles. The Morgan fingerprint density at radius 1 is 0.561 bits per heavy atom. The number of aromatic nitrogens is 2. The van der Waals surface area contributed by atoms with E-state index in [0.717, 1.165) is 11.4 Å². The molecule has 2 fully saturated rings. The van der Waals surface area contributed by atoms with Gasteiger partial charge in [-0.05, 0) is 95.4 Å². The summed E-state index contributed by atoms with van der Waals surface area (Å²) in [5, 5.41) is 2.48. The van der Waals surface area contributed by atoms with Crippen molar-refractivity contribution in [1.29, 1.82) is 0 Å². The third-order valence-electron chi connectivity index (χ3n) is 8.39. The number of benzene rings is 2. The van der Waals surface area contributed by atoms with Gasteiger partial charge in [0.2, 0.25) is 0 Å². The topological polar surface area (TPSA) is 25.8 Å². The summed E-state index contributed by atoms with van der Waals surface area (Å²) in [6.07, 6.45) is 17.2. The van der Waals surface area contributed by atoms with Gasteiger partial charge in [-0.15, -0.1) is 18.5 Å². The molecule has 0 spiro atoms. The van der Waals surface area contributed by atoms with Crippen molar-refractivity contribution in [1.82, 2.24) is 9.97 Å². The smallest absolute Gasteiger partial charge is 0.0888 e. The van der Waals surface area contributed by atoms with Crippen LogP contribution in [-0.2, 0) is 32.6 Å². The van der Waals surface area contributed by atoms with Gasteiger partial charge >= 0.3 is 0 Å². The second-order valence-corrected chi connectivity index (χ2v) is 13.6. The van der Waals surface area contributed by atoms with Gasteiger partial charge < -0.3 is 0 Å². The van der Waals surface area contributed by atoms with E-state index in [2.05, 4.69) is 66.6 Å². The molecule has 2 aliphatic carbocycles. The Balaban J connectivity index is 0.000000252. The van der Waals surface area contributed by atoms with Crippen molar-refractivity contribution < 1.29 is 19.8 Å². The van der Waals surface area contributed by atoms with Gasteiger partial charge in [0.1, 0.15) is 0 Å². The van der Waals surface area contributed by atoms with Crippen LogP contribution in [0.15, 0.2) is 97.3 Å². The zero-order chi connectivity index (χ0) is 28.3. The van der Waals surface area contributed by atoms with Crippen molar-refractivity contribution >= 4 is 29.1 Å². The molecule has 0 saturated heterocycles. The first-order valence-corrected chi connectivity index (χ1v) is 16.0. The summed E-state index contributed by atoms with van der Waals surface area (Å²) in [5.41, 5.74) is 5.84.